The lowest BCUT2D eigenvalue weighted by atomic mass is 10.2. The second-order valence-electron chi connectivity index (χ2n) is 6.87. The van der Waals surface area contributed by atoms with Gasteiger partial charge in [-0.15, -0.1) is 0 Å². The Labute approximate surface area is 168 Å². The zero-order valence-electron chi connectivity index (χ0n) is 15.9. The molecule has 3 aromatic rings. The maximum absolute atomic E-state index is 12.9. The van der Waals surface area contributed by atoms with Crippen LogP contribution < -0.4 is 11.2 Å². The Morgan fingerprint density at radius 2 is 1.55 bits per heavy atom. The van der Waals surface area contributed by atoms with Gasteiger partial charge in [-0.25, -0.2) is 4.79 Å². The number of ether oxygens (including phenoxy) is 2. The Morgan fingerprint density at radius 1 is 0.862 bits per heavy atom. The highest BCUT2D eigenvalue weighted by atomic mass is 16.5. The van der Waals surface area contributed by atoms with Crippen LogP contribution in [0.3, 0.4) is 0 Å². The van der Waals surface area contributed by atoms with Gasteiger partial charge >= 0.3 is 5.69 Å². The van der Waals surface area contributed by atoms with Gasteiger partial charge in [0.15, 0.2) is 6.23 Å². The normalized spacial score (nSPS) is 18.2. The SMILES string of the molecule is O=c1ccn([C@H]2C=C[C@@H](COCc3ccccc3)O2)c(=O)n1Cc1ccccc1. The Bertz CT molecular complexity index is 1090. The monoisotopic (exact) mass is 390 g/mol. The van der Waals surface area contributed by atoms with Crippen LogP contribution in [-0.4, -0.2) is 21.8 Å². The van der Waals surface area contributed by atoms with Crippen LogP contribution >= 0.6 is 0 Å². The maximum atomic E-state index is 12.9. The average molecular weight is 390 g/mol. The van der Waals surface area contributed by atoms with Gasteiger partial charge in [0.2, 0.25) is 0 Å². The minimum atomic E-state index is -0.560. The Hall–Kier alpha value is -3.22. The first-order valence-corrected chi connectivity index (χ1v) is 9.52. The number of aromatic nitrogens is 2. The molecule has 0 radical (unpaired) electrons. The molecular formula is C23H22N2O4. The summed E-state index contributed by atoms with van der Waals surface area (Å²) in [6.07, 6.45) is 4.37. The van der Waals surface area contributed by atoms with Gasteiger partial charge in [-0.1, -0.05) is 66.7 Å². The molecule has 6 heteroatoms. The van der Waals surface area contributed by atoms with Gasteiger partial charge in [-0.05, 0) is 17.2 Å². The first kappa shape index (κ1) is 19.1. The van der Waals surface area contributed by atoms with Crippen LogP contribution in [0.1, 0.15) is 17.4 Å². The van der Waals surface area contributed by atoms with Gasteiger partial charge in [0, 0.05) is 12.3 Å². The van der Waals surface area contributed by atoms with Crippen LogP contribution in [0.15, 0.2) is 94.7 Å². The number of hydrogen-bond donors (Lipinski definition) is 0. The second-order valence-corrected chi connectivity index (χ2v) is 6.87. The topological polar surface area (TPSA) is 62.5 Å². The quantitative estimate of drug-likeness (QED) is 0.582. The van der Waals surface area contributed by atoms with E-state index in [1.165, 1.54) is 21.4 Å². The summed E-state index contributed by atoms with van der Waals surface area (Å²) < 4.78 is 14.3. The predicted octanol–water partition coefficient (Wildman–Crippen LogP) is 2.73. The highest BCUT2D eigenvalue weighted by molar-refractivity contribution is 5.15. The molecule has 0 N–H and O–H groups in total. The van der Waals surface area contributed by atoms with Gasteiger partial charge in [0.25, 0.3) is 5.56 Å². The minimum Gasteiger partial charge on any atom is -0.374 e. The van der Waals surface area contributed by atoms with Crippen molar-refractivity contribution >= 4 is 0 Å². The maximum Gasteiger partial charge on any atom is 0.333 e. The van der Waals surface area contributed by atoms with Crippen LogP contribution in [0.4, 0.5) is 0 Å². The molecule has 0 bridgehead atoms. The molecule has 6 nitrogen and oxygen atoms in total. The highest BCUT2D eigenvalue weighted by Gasteiger charge is 2.22. The lowest BCUT2D eigenvalue weighted by Crippen LogP contribution is -2.40. The van der Waals surface area contributed by atoms with E-state index in [2.05, 4.69) is 0 Å². The minimum absolute atomic E-state index is 0.222. The summed E-state index contributed by atoms with van der Waals surface area (Å²) in [5.74, 6) is 0. The summed E-state index contributed by atoms with van der Waals surface area (Å²) in [6.45, 7) is 1.11. The third kappa shape index (κ3) is 4.62. The predicted molar refractivity (Wildman–Crippen MR) is 110 cm³/mol. The average Bonchev–Trinajstić information content (AvgIpc) is 3.21. The van der Waals surface area contributed by atoms with Crippen molar-refractivity contribution in [3.8, 4) is 0 Å². The van der Waals surface area contributed by atoms with E-state index in [1.54, 1.807) is 0 Å². The number of hydrogen-bond acceptors (Lipinski definition) is 4. The van der Waals surface area contributed by atoms with E-state index in [0.29, 0.717) is 13.2 Å². The molecule has 1 aliphatic rings. The number of nitrogens with zero attached hydrogens (tertiary/aromatic N) is 2. The van der Waals surface area contributed by atoms with Gasteiger partial charge in [-0.2, -0.15) is 0 Å². The molecule has 148 valence electrons. The number of benzene rings is 2. The Kier molecular flexibility index (Phi) is 5.84. The molecule has 0 amide bonds. The van der Waals surface area contributed by atoms with E-state index < -0.39 is 11.9 Å². The van der Waals surface area contributed by atoms with Gasteiger partial charge < -0.3 is 9.47 Å². The molecule has 0 fully saturated rings. The summed E-state index contributed by atoms with van der Waals surface area (Å²) in [5.41, 5.74) is 1.25. The fourth-order valence-electron chi connectivity index (χ4n) is 3.25. The Balaban J connectivity index is 1.41. The van der Waals surface area contributed by atoms with Crippen molar-refractivity contribution in [2.75, 3.05) is 6.61 Å². The molecule has 0 saturated heterocycles. The summed E-state index contributed by atoms with van der Waals surface area (Å²) in [7, 11) is 0. The molecule has 1 aromatic heterocycles. The van der Waals surface area contributed by atoms with Crippen molar-refractivity contribution in [1.29, 1.82) is 0 Å². The standard InChI is InChI=1S/C23H22N2O4/c26-21-13-14-24(23(27)25(21)15-18-7-3-1-4-8-18)22-12-11-20(29-22)17-28-16-19-9-5-2-6-10-19/h1-14,20,22H,15-17H2/t20-,22+/m0/s1. The van der Waals surface area contributed by atoms with Crippen molar-refractivity contribution in [1.82, 2.24) is 9.13 Å². The van der Waals surface area contributed by atoms with Gasteiger partial charge in [0.1, 0.15) is 6.10 Å². The summed E-state index contributed by atoms with van der Waals surface area (Å²) >= 11 is 0. The van der Waals surface area contributed by atoms with Crippen LogP contribution in [0.2, 0.25) is 0 Å². The van der Waals surface area contributed by atoms with E-state index in [1.807, 2.05) is 72.8 Å². The molecule has 2 heterocycles. The molecule has 0 spiro atoms. The van der Waals surface area contributed by atoms with Gasteiger partial charge in [0.05, 0.1) is 19.8 Å². The Morgan fingerprint density at radius 3 is 2.28 bits per heavy atom. The fraction of sp³-hybridized carbons (Fsp3) is 0.217. The molecule has 29 heavy (non-hydrogen) atoms. The largest absolute Gasteiger partial charge is 0.374 e. The van der Waals surface area contributed by atoms with E-state index in [-0.39, 0.29) is 18.2 Å². The molecular weight excluding hydrogens is 368 g/mol. The third-order valence-electron chi connectivity index (χ3n) is 4.75. The zero-order valence-corrected chi connectivity index (χ0v) is 15.9. The molecule has 1 aliphatic heterocycles. The molecule has 0 unspecified atom stereocenters. The summed E-state index contributed by atoms with van der Waals surface area (Å²) in [6, 6.07) is 20.7. The van der Waals surface area contributed by atoms with E-state index in [0.717, 1.165) is 11.1 Å². The zero-order chi connectivity index (χ0) is 20.1. The van der Waals surface area contributed by atoms with Crippen molar-refractivity contribution in [3.05, 3.63) is 117 Å². The van der Waals surface area contributed by atoms with Crippen LogP contribution in [0.5, 0.6) is 0 Å². The van der Waals surface area contributed by atoms with E-state index in [9.17, 15) is 9.59 Å². The summed E-state index contributed by atoms with van der Waals surface area (Å²) in [4.78, 5) is 25.1. The number of rotatable bonds is 7. The van der Waals surface area contributed by atoms with Crippen molar-refractivity contribution in [2.24, 2.45) is 0 Å². The lowest BCUT2D eigenvalue weighted by molar-refractivity contribution is -0.0346. The van der Waals surface area contributed by atoms with Gasteiger partial charge in [-0.3, -0.25) is 13.9 Å². The molecule has 2 aromatic carbocycles. The first-order chi connectivity index (χ1) is 14.2. The first-order valence-electron chi connectivity index (χ1n) is 9.52. The van der Waals surface area contributed by atoms with Crippen molar-refractivity contribution in [3.63, 3.8) is 0 Å². The van der Waals surface area contributed by atoms with E-state index in [4.69, 9.17) is 9.47 Å². The highest BCUT2D eigenvalue weighted by Crippen LogP contribution is 2.20. The molecule has 0 aliphatic carbocycles. The summed E-state index contributed by atoms with van der Waals surface area (Å²) in [5, 5.41) is 0. The molecule has 2 atom stereocenters. The lowest BCUT2D eigenvalue weighted by Gasteiger charge is -2.17. The second kappa shape index (κ2) is 8.86. The molecule has 4 rings (SSSR count). The molecule has 0 saturated carbocycles. The van der Waals surface area contributed by atoms with Crippen LogP contribution in [0, 0.1) is 0 Å². The van der Waals surface area contributed by atoms with Crippen LogP contribution in [0.25, 0.3) is 0 Å². The smallest absolute Gasteiger partial charge is 0.333 e. The fourth-order valence-corrected chi connectivity index (χ4v) is 3.25. The third-order valence-corrected chi connectivity index (χ3v) is 4.75. The van der Waals surface area contributed by atoms with E-state index >= 15 is 0 Å². The van der Waals surface area contributed by atoms with Crippen LogP contribution in [-0.2, 0) is 22.6 Å². The van der Waals surface area contributed by atoms with Crippen molar-refractivity contribution < 1.29 is 9.47 Å². The van der Waals surface area contributed by atoms with Crippen molar-refractivity contribution in [2.45, 2.75) is 25.5 Å².